The summed E-state index contributed by atoms with van der Waals surface area (Å²) in [6.45, 7) is 1.56. The summed E-state index contributed by atoms with van der Waals surface area (Å²) in [6.07, 6.45) is -1.30. The molecule has 0 fully saturated rings. The van der Waals surface area contributed by atoms with Gasteiger partial charge >= 0.3 is 0 Å². The minimum absolute atomic E-state index is 0.234. The third-order valence-electron chi connectivity index (χ3n) is 1.13. The highest BCUT2D eigenvalue weighted by Gasteiger charge is 2.11. The Morgan fingerprint density at radius 2 is 1.78 bits per heavy atom. The number of aliphatic hydroxyl groups is 2. The largest absolute Gasteiger partial charge is 0.392 e. The van der Waals surface area contributed by atoms with Gasteiger partial charge < -0.3 is 21.7 Å². The lowest BCUT2D eigenvalue weighted by molar-refractivity contribution is 0.108. The molecule has 0 heterocycles. The van der Waals surface area contributed by atoms with Gasteiger partial charge in [-0.15, -0.1) is 0 Å². The smallest absolute Gasteiger partial charge is 0.104 e. The van der Waals surface area contributed by atoms with Crippen LogP contribution in [0.3, 0.4) is 0 Å². The zero-order chi connectivity index (χ0) is 7.44. The summed E-state index contributed by atoms with van der Waals surface area (Å²) in [4.78, 5) is 0. The van der Waals surface area contributed by atoms with E-state index >= 15 is 0 Å². The third kappa shape index (κ3) is 4.35. The Morgan fingerprint density at radius 1 is 1.33 bits per heavy atom. The SMILES string of the molecule is CC(O)C(N)CC(N)O. The van der Waals surface area contributed by atoms with Crippen molar-refractivity contribution in [2.75, 3.05) is 0 Å². The minimum atomic E-state index is -0.922. The van der Waals surface area contributed by atoms with Crippen molar-refractivity contribution in [1.29, 1.82) is 0 Å². The van der Waals surface area contributed by atoms with Gasteiger partial charge in [-0.25, -0.2) is 0 Å². The molecule has 0 radical (unpaired) electrons. The summed E-state index contributed by atoms with van der Waals surface area (Å²) >= 11 is 0. The summed E-state index contributed by atoms with van der Waals surface area (Å²) in [6, 6.07) is -0.426. The number of rotatable bonds is 3. The first-order chi connectivity index (χ1) is 4.04. The normalized spacial score (nSPS) is 21.0. The maximum Gasteiger partial charge on any atom is 0.104 e. The van der Waals surface area contributed by atoms with Gasteiger partial charge in [0.1, 0.15) is 6.23 Å². The number of nitrogens with two attached hydrogens (primary N) is 2. The van der Waals surface area contributed by atoms with E-state index in [1.54, 1.807) is 6.92 Å². The van der Waals surface area contributed by atoms with Crippen LogP contribution in [-0.4, -0.2) is 28.6 Å². The molecule has 0 aliphatic rings. The summed E-state index contributed by atoms with van der Waals surface area (Å²) in [5, 5.41) is 17.3. The minimum Gasteiger partial charge on any atom is -0.392 e. The predicted octanol–water partition coefficient (Wildman–Crippen LogP) is -1.64. The molecule has 9 heavy (non-hydrogen) atoms. The average molecular weight is 134 g/mol. The van der Waals surface area contributed by atoms with Gasteiger partial charge in [0.15, 0.2) is 0 Å². The standard InChI is InChI=1S/C5H14N2O2/c1-3(8)4(6)2-5(7)9/h3-5,8-9H,2,6-7H2,1H3. The van der Waals surface area contributed by atoms with Gasteiger partial charge in [0, 0.05) is 12.5 Å². The lowest BCUT2D eigenvalue weighted by Gasteiger charge is -2.15. The number of hydrogen-bond donors (Lipinski definition) is 4. The van der Waals surface area contributed by atoms with E-state index in [9.17, 15) is 0 Å². The van der Waals surface area contributed by atoms with Crippen LogP contribution in [0.5, 0.6) is 0 Å². The van der Waals surface area contributed by atoms with Crippen molar-refractivity contribution in [2.45, 2.75) is 31.7 Å². The van der Waals surface area contributed by atoms with Gasteiger partial charge in [-0.1, -0.05) is 0 Å². The highest BCUT2D eigenvalue weighted by Crippen LogP contribution is 1.95. The second-order valence-electron chi connectivity index (χ2n) is 2.21. The molecule has 4 heteroatoms. The fourth-order valence-electron chi connectivity index (χ4n) is 0.476. The average Bonchev–Trinajstić information content (AvgIpc) is 1.63. The Bertz CT molecular complexity index is 75.4. The van der Waals surface area contributed by atoms with E-state index in [4.69, 9.17) is 21.7 Å². The molecule has 56 valence electrons. The van der Waals surface area contributed by atoms with Gasteiger partial charge in [0.2, 0.25) is 0 Å². The molecule has 0 aromatic rings. The number of hydrogen-bond acceptors (Lipinski definition) is 4. The number of aliphatic hydroxyl groups excluding tert-OH is 2. The van der Waals surface area contributed by atoms with E-state index in [0.29, 0.717) is 0 Å². The Labute approximate surface area is 54.5 Å². The molecule has 0 spiro atoms. The van der Waals surface area contributed by atoms with Crippen LogP contribution < -0.4 is 11.5 Å². The predicted molar refractivity (Wildman–Crippen MR) is 34.5 cm³/mol. The Kier molecular flexibility index (Phi) is 3.72. The summed E-state index contributed by atoms with van der Waals surface area (Å²) < 4.78 is 0. The molecule has 0 aliphatic heterocycles. The Morgan fingerprint density at radius 3 is 1.89 bits per heavy atom. The molecule has 0 aromatic carbocycles. The molecule has 0 amide bonds. The van der Waals surface area contributed by atoms with Crippen LogP contribution in [0.4, 0.5) is 0 Å². The van der Waals surface area contributed by atoms with Crippen LogP contribution in [-0.2, 0) is 0 Å². The molecule has 0 rings (SSSR count). The van der Waals surface area contributed by atoms with E-state index in [1.165, 1.54) is 0 Å². The molecule has 0 saturated heterocycles. The molecular formula is C5H14N2O2. The van der Waals surface area contributed by atoms with Crippen LogP contribution in [0.2, 0.25) is 0 Å². The topological polar surface area (TPSA) is 92.5 Å². The quantitative estimate of drug-likeness (QED) is 0.348. The Balaban J connectivity index is 3.38. The zero-order valence-corrected chi connectivity index (χ0v) is 5.49. The van der Waals surface area contributed by atoms with Gasteiger partial charge in [-0.2, -0.15) is 0 Å². The lowest BCUT2D eigenvalue weighted by Crippen LogP contribution is -2.38. The van der Waals surface area contributed by atoms with E-state index in [2.05, 4.69) is 0 Å². The van der Waals surface area contributed by atoms with E-state index in [1.807, 2.05) is 0 Å². The van der Waals surface area contributed by atoms with Gasteiger partial charge in [0.05, 0.1) is 6.10 Å². The van der Waals surface area contributed by atoms with Crippen LogP contribution in [0.1, 0.15) is 13.3 Å². The van der Waals surface area contributed by atoms with E-state index in [0.717, 1.165) is 0 Å². The van der Waals surface area contributed by atoms with Crippen LogP contribution in [0.25, 0.3) is 0 Å². The summed E-state index contributed by atoms with van der Waals surface area (Å²) in [7, 11) is 0. The van der Waals surface area contributed by atoms with Gasteiger partial charge in [-0.05, 0) is 6.92 Å². The molecule has 3 unspecified atom stereocenters. The van der Waals surface area contributed by atoms with Crippen molar-refractivity contribution < 1.29 is 10.2 Å². The molecule has 6 N–H and O–H groups in total. The maximum atomic E-state index is 8.78. The van der Waals surface area contributed by atoms with Crippen molar-refractivity contribution in [3.63, 3.8) is 0 Å². The van der Waals surface area contributed by atoms with Crippen LogP contribution in [0, 0.1) is 0 Å². The first kappa shape index (κ1) is 8.84. The van der Waals surface area contributed by atoms with Crippen molar-refractivity contribution >= 4 is 0 Å². The Hall–Kier alpha value is -0.160. The first-order valence-corrected chi connectivity index (χ1v) is 2.91. The van der Waals surface area contributed by atoms with E-state index in [-0.39, 0.29) is 6.42 Å². The summed E-state index contributed by atoms with van der Waals surface area (Å²) in [5.74, 6) is 0. The zero-order valence-electron chi connectivity index (χ0n) is 5.49. The second-order valence-corrected chi connectivity index (χ2v) is 2.21. The second kappa shape index (κ2) is 3.79. The van der Waals surface area contributed by atoms with Crippen molar-refractivity contribution in [3.8, 4) is 0 Å². The first-order valence-electron chi connectivity index (χ1n) is 2.91. The van der Waals surface area contributed by atoms with Gasteiger partial charge in [-0.3, -0.25) is 0 Å². The molecule has 0 bridgehead atoms. The van der Waals surface area contributed by atoms with Gasteiger partial charge in [0.25, 0.3) is 0 Å². The molecule has 4 nitrogen and oxygen atoms in total. The fourth-order valence-corrected chi connectivity index (χ4v) is 0.476. The van der Waals surface area contributed by atoms with Crippen molar-refractivity contribution in [3.05, 3.63) is 0 Å². The molecule has 3 atom stereocenters. The molecular weight excluding hydrogens is 120 g/mol. The van der Waals surface area contributed by atoms with Crippen LogP contribution >= 0.6 is 0 Å². The third-order valence-corrected chi connectivity index (χ3v) is 1.13. The molecule has 0 aromatic heterocycles. The highest BCUT2D eigenvalue weighted by atomic mass is 16.3. The fraction of sp³-hybridized carbons (Fsp3) is 1.00. The highest BCUT2D eigenvalue weighted by molar-refractivity contribution is 4.68. The molecule has 0 aliphatic carbocycles. The van der Waals surface area contributed by atoms with E-state index < -0.39 is 18.4 Å². The summed E-state index contributed by atoms with van der Waals surface area (Å²) in [5.41, 5.74) is 10.3. The molecule has 0 saturated carbocycles. The van der Waals surface area contributed by atoms with Crippen molar-refractivity contribution in [1.82, 2.24) is 0 Å². The lowest BCUT2D eigenvalue weighted by atomic mass is 10.1. The van der Waals surface area contributed by atoms with Crippen LogP contribution in [0.15, 0.2) is 0 Å². The maximum absolute atomic E-state index is 8.78. The van der Waals surface area contributed by atoms with Crippen molar-refractivity contribution in [2.24, 2.45) is 11.5 Å². The monoisotopic (exact) mass is 134 g/mol.